The number of aryl methyl sites for hydroxylation is 2. The van der Waals surface area contributed by atoms with Gasteiger partial charge in [0.1, 0.15) is 0 Å². The number of hydrogen-bond donors (Lipinski definition) is 1. The molecule has 3 rings (SSSR count). The normalized spacial score (nSPS) is 11.5. The van der Waals surface area contributed by atoms with Crippen molar-refractivity contribution in [2.24, 2.45) is 0 Å². The molecule has 2 aromatic carbocycles. The molecule has 0 radical (unpaired) electrons. The first-order valence-corrected chi connectivity index (χ1v) is 7.83. The molecule has 0 aliphatic carbocycles. The van der Waals surface area contributed by atoms with Crippen LogP contribution in [0.3, 0.4) is 0 Å². The van der Waals surface area contributed by atoms with Crippen molar-refractivity contribution >= 4 is 16.8 Å². The van der Waals surface area contributed by atoms with Crippen molar-refractivity contribution in [3.05, 3.63) is 70.9 Å². The summed E-state index contributed by atoms with van der Waals surface area (Å²) in [5, 5.41) is 10.6. The Morgan fingerprint density at radius 2 is 1.92 bits per heavy atom. The molecular weight excluding hydrogens is 324 g/mol. The van der Waals surface area contributed by atoms with E-state index in [9.17, 15) is 13.6 Å². The predicted molar refractivity (Wildman–Crippen MR) is 91.7 cm³/mol. The molecule has 4 nitrogen and oxygen atoms in total. The smallest absolute Gasteiger partial charge is 0.290 e. The van der Waals surface area contributed by atoms with Gasteiger partial charge in [0.2, 0.25) is 0 Å². The third-order valence-corrected chi connectivity index (χ3v) is 4.04. The lowest BCUT2D eigenvalue weighted by molar-refractivity contribution is -0.00306. The monoisotopic (exact) mass is 341 g/mol. The Bertz CT molecular complexity index is 936. The number of benzene rings is 2. The number of rotatable bonds is 4. The van der Waals surface area contributed by atoms with Gasteiger partial charge in [-0.3, -0.25) is 4.79 Å². The summed E-state index contributed by atoms with van der Waals surface area (Å²) in [4.78, 5) is 12.4. The quantitative estimate of drug-likeness (QED) is 0.786. The minimum absolute atomic E-state index is 0.0869. The van der Waals surface area contributed by atoms with E-state index in [0.29, 0.717) is 16.5 Å². The van der Waals surface area contributed by atoms with Gasteiger partial charge in [-0.25, -0.2) is 0 Å². The fourth-order valence-electron chi connectivity index (χ4n) is 2.79. The van der Waals surface area contributed by atoms with E-state index < -0.39 is 18.4 Å². The molecule has 128 valence electrons. The summed E-state index contributed by atoms with van der Waals surface area (Å²) in [5.74, 6) is -3.76. The zero-order valence-electron chi connectivity index (χ0n) is 13.9. The van der Waals surface area contributed by atoms with E-state index in [2.05, 4.69) is 15.5 Å². The molecule has 0 aliphatic rings. The van der Waals surface area contributed by atoms with Crippen LogP contribution in [0, 0.1) is 13.8 Å². The first-order valence-electron chi connectivity index (χ1n) is 7.83. The number of halogens is 2. The summed E-state index contributed by atoms with van der Waals surface area (Å²) >= 11 is 0. The van der Waals surface area contributed by atoms with Gasteiger partial charge in [0.25, 0.3) is 11.8 Å². The van der Waals surface area contributed by atoms with Crippen LogP contribution in [-0.4, -0.2) is 22.6 Å². The van der Waals surface area contributed by atoms with Gasteiger partial charge in [-0.05, 0) is 25.5 Å². The van der Waals surface area contributed by atoms with Crippen molar-refractivity contribution in [2.45, 2.75) is 19.8 Å². The maximum absolute atomic E-state index is 14.5. The lowest BCUT2D eigenvalue weighted by atomic mass is 10.00. The zero-order valence-corrected chi connectivity index (χ0v) is 13.9. The summed E-state index contributed by atoms with van der Waals surface area (Å²) in [6.07, 6.45) is 1.28. The number of nitrogens with one attached hydrogen (secondary N) is 1. The van der Waals surface area contributed by atoms with Crippen LogP contribution in [0.15, 0.2) is 48.7 Å². The maximum Gasteiger partial charge on any atom is 0.290 e. The van der Waals surface area contributed by atoms with Gasteiger partial charge in [-0.15, -0.1) is 0 Å². The van der Waals surface area contributed by atoms with E-state index in [0.717, 1.165) is 5.56 Å². The highest BCUT2D eigenvalue weighted by Gasteiger charge is 2.33. The Morgan fingerprint density at radius 3 is 2.68 bits per heavy atom. The second kappa shape index (κ2) is 6.55. The molecule has 0 saturated carbocycles. The van der Waals surface area contributed by atoms with Crippen LogP contribution in [0.5, 0.6) is 0 Å². The summed E-state index contributed by atoms with van der Waals surface area (Å²) in [6.45, 7) is 2.70. The molecule has 0 atom stereocenters. The van der Waals surface area contributed by atoms with Gasteiger partial charge in [0.05, 0.1) is 23.8 Å². The van der Waals surface area contributed by atoms with Crippen LogP contribution < -0.4 is 5.32 Å². The molecule has 0 saturated heterocycles. The van der Waals surface area contributed by atoms with E-state index >= 15 is 0 Å². The second-order valence-corrected chi connectivity index (χ2v) is 5.98. The summed E-state index contributed by atoms with van der Waals surface area (Å²) in [6, 6.07) is 11.7. The van der Waals surface area contributed by atoms with Gasteiger partial charge in [0.15, 0.2) is 0 Å². The number of hydrogen-bond acceptors (Lipinski definition) is 3. The fraction of sp³-hybridized carbons (Fsp3) is 0.211. The van der Waals surface area contributed by atoms with E-state index in [1.807, 2.05) is 6.92 Å². The van der Waals surface area contributed by atoms with E-state index in [4.69, 9.17) is 0 Å². The SMILES string of the molecule is Cc1ccc(C(F)(F)CNC(=O)c2cnnc3ccccc23)c(C)c1. The Morgan fingerprint density at radius 1 is 1.16 bits per heavy atom. The van der Waals surface area contributed by atoms with Crippen molar-refractivity contribution in [3.8, 4) is 0 Å². The molecule has 0 fully saturated rings. The van der Waals surface area contributed by atoms with Crippen LogP contribution in [0.25, 0.3) is 10.9 Å². The number of carbonyl (C=O) groups excluding carboxylic acids is 1. The lowest BCUT2D eigenvalue weighted by Gasteiger charge is -2.20. The highest BCUT2D eigenvalue weighted by molar-refractivity contribution is 6.05. The van der Waals surface area contributed by atoms with E-state index in [1.165, 1.54) is 12.3 Å². The van der Waals surface area contributed by atoms with Crippen LogP contribution in [0.4, 0.5) is 8.78 Å². The molecule has 0 spiro atoms. The number of alkyl halides is 2. The average Bonchev–Trinajstić information content (AvgIpc) is 2.59. The van der Waals surface area contributed by atoms with Crippen LogP contribution in [0.2, 0.25) is 0 Å². The number of fused-ring (bicyclic) bond motifs is 1. The molecule has 0 bridgehead atoms. The van der Waals surface area contributed by atoms with Crippen molar-refractivity contribution < 1.29 is 13.6 Å². The number of nitrogens with zero attached hydrogens (tertiary/aromatic N) is 2. The second-order valence-electron chi connectivity index (χ2n) is 5.98. The highest BCUT2D eigenvalue weighted by atomic mass is 19.3. The largest absolute Gasteiger partial charge is 0.346 e. The van der Waals surface area contributed by atoms with Crippen molar-refractivity contribution in [1.82, 2.24) is 15.5 Å². The summed E-state index contributed by atoms with van der Waals surface area (Å²) < 4.78 is 29.0. The number of aromatic nitrogens is 2. The number of carbonyl (C=O) groups is 1. The Hall–Kier alpha value is -2.89. The van der Waals surface area contributed by atoms with E-state index in [-0.39, 0.29) is 11.1 Å². The van der Waals surface area contributed by atoms with Gasteiger partial charge in [0, 0.05) is 10.9 Å². The molecule has 3 aromatic rings. The standard InChI is InChI=1S/C19H17F2N3O/c1-12-7-8-16(13(2)9-12)19(20,21)11-22-18(25)15-10-23-24-17-6-4-3-5-14(15)17/h3-10H,11H2,1-2H3,(H,22,25). The predicted octanol–water partition coefficient (Wildman–Crippen LogP) is 3.77. The zero-order chi connectivity index (χ0) is 18.0. The Labute approximate surface area is 143 Å². The molecule has 25 heavy (non-hydrogen) atoms. The first-order chi connectivity index (χ1) is 11.9. The van der Waals surface area contributed by atoms with Crippen molar-refractivity contribution in [2.75, 3.05) is 6.54 Å². The van der Waals surface area contributed by atoms with Gasteiger partial charge in [-0.1, -0.05) is 42.0 Å². The molecule has 1 heterocycles. The molecule has 0 unspecified atom stereocenters. The fourth-order valence-corrected chi connectivity index (χ4v) is 2.79. The van der Waals surface area contributed by atoms with Gasteiger partial charge in [-0.2, -0.15) is 19.0 Å². The third-order valence-electron chi connectivity index (χ3n) is 4.04. The summed E-state index contributed by atoms with van der Waals surface area (Å²) in [7, 11) is 0. The number of amides is 1. The minimum atomic E-state index is -3.16. The highest BCUT2D eigenvalue weighted by Crippen LogP contribution is 2.30. The summed E-state index contributed by atoms with van der Waals surface area (Å²) in [5.41, 5.74) is 2.08. The van der Waals surface area contributed by atoms with Crippen LogP contribution >= 0.6 is 0 Å². The van der Waals surface area contributed by atoms with Gasteiger partial charge < -0.3 is 5.32 Å². The van der Waals surface area contributed by atoms with Crippen LogP contribution in [0.1, 0.15) is 27.0 Å². The lowest BCUT2D eigenvalue weighted by Crippen LogP contribution is -2.35. The van der Waals surface area contributed by atoms with Crippen LogP contribution in [-0.2, 0) is 5.92 Å². The Balaban J connectivity index is 1.81. The Kier molecular flexibility index (Phi) is 4.44. The maximum atomic E-state index is 14.5. The molecule has 1 N–H and O–H groups in total. The first kappa shape index (κ1) is 17.0. The minimum Gasteiger partial charge on any atom is -0.346 e. The average molecular weight is 341 g/mol. The molecule has 1 amide bonds. The topological polar surface area (TPSA) is 54.9 Å². The molecule has 6 heteroatoms. The molecule has 1 aromatic heterocycles. The van der Waals surface area contributed by atoms with Gasteiger partial charge >= 0.3 is 0 Å². The van der Waals surface area contributed by atoms with E-state index in [1.54, 1.807) is 43.3 Å². The molecule has 0 aliphatic heterocycles. The van der Waals surface area contributed by atoms with Crippen molar-refractivity contribution in [3.63, 3.8) is 0 Å². The third kappa shape index (κ3) is 3.47. The van der Waals surface area contributed by atoms with Crippen molar-refractivity contribution in [1.29, 1.82) is 0 Å². The molecular formula is C19H17F2N3O.